The van der Waals surface area contributed by atoms with Crippen molar-refractivity contribution in [2.45, 2.75) is 38.3 Å². The normalized spacial score (nSPS) is 18.8. The monoisotopic (exact) mass is 305 g/mol. The minimum atomic E-state index is -0.688. The number of hydrogen-bond donors (Lipinski definition) is 3. The first-order valence-corrected chi connectivity index (χ1v) is 7.58. The fraction of sp³-hybridized carbons (Fsp3) is 0.500. The SMILES string of the molecule is CCOC(=O)C(C)NC(=O)C(N)CC1CNc2ccccc21. The van der Waals surface area contributed by atoms with Crippen LogP contribution in [0.15, 0.2) is 24.3 Å². The predicted molar refractivity (Wildman–Crippen MR) is 84.5 cm³/mol. The number of para-hydroxylation sites is 1. The molecule has 0 fully saturated rings. The Morgan fingerprint density at radius 3 is 2.91 bits per heavy atom. The van der Waals surface area contributed by atoms with Gasteiger partial charge >= 0.3 is 5.97 Å². The van der Waals surface area contributed by atoms with E-state index in [4.69, 9.17) is 10.5 Å². The summed E-state index contributed by atoms with van der Waals surface area (Å²) in [7, 11) is 0. The number of amides is 1. The first kappa shape index (κ1) is 16.3. The lowest BCUT2D eigenvalue weighted by atomic mass is 9.94. The van der Waals surface area contributed by atoms with Crippen LogP contribution in [0.2, 0.25) is 0 Å². The van der Waals surface area contributed by atoms with Gasteiger partial charge < -0.3 is 21.1 Å². The highest BCUT2D eigenvalue weighted by Crippen LogP contribution is 2.33. The van der Waals surface area contributed by atoms with E-state index in [1.807, 2.05) is 24.3 Å². The first-order valence-electron chi connectivity index (χ1n) is 7.58. The van der Waals surface area contributed by atoms with Crippen LogP contribution < -0.4 is 16.4 Å². The highest BCUT2D eigenvalue weighted by Gasteiger charge is 2.27. The van der Waals surface area contributed by atoms with Crippen LogP contribution in [0.4, 0.5) is 5.69 Å². The molecule has 1 aromatic carbocycles. The van der Waals surface area contributed by atoms with Crippen molar-refractivity contribution in [1.82, 2.24) is 5.32 Å². The largest absolute Gasteiger partial charge is 0.464 e. The van der Waals surface area contributed by atoms with Crippen LogP contribution in [-0.2, 0) is 14.3 Å². The molecule has 1 aliphatic rings. The van der Waals surface area contributed by atoms with Crippen molar-refractivity contribution < 1.29 is 14.3 Å². The molecule has 0 bridgehead atoms. The molecule has 3 unspecified atom stereocenters. The molecule has 6 nitrogen and oxygen atoms in total. The van der Waals surface area contributed by atoms with Gasteiger partial charge in [0.15, 0.2) is 0 Å². The third-order valence-electron chi connectivity index (χ3n) is 3.81. The first-order chi connectivity index (χ1) is 10.5. The molecule has 2 rings (SSSR count). The Bertz CT molecular complexity index is 547. The quantitative estimate of drug-likeness (QED) is 0.681. The van der Waals surface area contributed by atoms with E-state index in [-0.39, 0.29) is 18.4 Å². The number of rotatable bonds is 6. The van der Waals surface area contributed by atoms with Gasteiger partial charge in [0.2, 0.25) is 5.91 Å². The van der Waals surface area contributed by atoms with E-state index >= 15 is 0 Å². The number of nitrogens with two attached hydrogens (primary N) is 1. The van der Waals surface area contributed by atoms with Crippen molar-refractivity contribution in [2.24, 2.45) is 5.73 Å². The fourth-order valence-electron chi connectivity index (χ4n) is 2.63. The zero-order chi connectivity index (χ0) is 16.1. The molecule has 3 atom stereocenters. The number of ether oxygens (including phenoxy) is 1. The van der Waals surface area contributed by atoms with Crippen molar-refractivity contribution in [3.63, 3.8) is 0 Å². The van der Waals surface area contributed by atoms with Gasteiger partial charge in [-0.05, 0) is 31.9 Å². The van der Waals surface area contributed by atoms with Gasteiger partial charge in [-0.25, -0.2) is 4.79 Å². The molecule has 22 heavy (non-hydrogen) atoms. The van der Waals surface area contributed by atoms with Gasteiger partial charge in [-0.3, -0.25) is 4.79 Å². The van der Waals surface area contributed by atoms with E-state index in [1.54, 1.807) is 13.8 Å². The topological polar surface area (TPSA) is 93.5 Å². The summed E-state index contributed by atoms with van der Waals surface area (Å²) in [4.78, 5) is 23.6. The Hall–Kier alpha value is -2.08. The van der Waals surface area contributed by atoms with Crippen LogP contribution >= 0.6 is 0 Å². The van der Waals surface area contributed by atoms with Gasteiger partial charge in [-0.15, -0.1) is 0 Å². The molecule has 1 aliphatic heterocycles. The summed E-state index contributed by atoms with van der Waals surface area (Å²) in [6.45, 7) is 4.38. The Balaban J connectivity index is 1.89. The molecule has 1 heterocycles. The van der Waals surface area contributed by atoms with Gasteiger partial charge in [-0.1, -0.05) is 18.2 Å². The highest BCUT2D eigenvalue weighted by atomic mass is 16.5. The molecule has 0 saturated carbocycles. The second-order valence-electron chi connectivity index (χ2n) is 5.49. The number of benzene rings is 1. The predicted octanol–water partition coefficient (Wildman–Crippen LogP) is 0.981. The Morgan fingerprint density at radius 1 is 1.45 bits per heavy atom. The molecule has 0 radical (unpaired) electrons. The maximum atomic E-state index is 12.1. The van der Waals surface area contributed by atoms with Gasteiger partial charge in [-0.2, -0.15) is 0 Å². The van der Waals surface area contributed by atoms with E-state index in [0.717, 1.165) is 12.2 Å². The molecule has 0 aliphatic carbocycles. The lowest BCUT2D eigenvalue weighted by Gasteiger charge is -2.19. The van der Waals surface area contributed by atoms with Crippen molar-refractivity contribution in [2.75, 3.05) is 18.5 Å². The molecule has 4 N–H and O–H groups in total. The summed E-state index contributed by atoms with van der Waals surface area (Å²) >= 11 is 0. The molecule has 0 saturated heterocycles. The number of fused-ring (bicyclic) bond motifs is 1. The summed E-state index contributed by atoms with van der Waals surface area (Å²) in [6.07, 6.45) is 0.533. The Morgan fingerprint density at radius 2 is 2.18 bits per heavy atom. The highest BCUT2D eigenvalue weighted by molar-refractivity contribution is 5.87. The third-order valence-corrected chi connectivity index (χ3v) is 3.81. The van der Waals surface area contributed by atoms with Crippen molar-refractivity contribution in [1.29, 1.82) is 0 Å². The van der Waals surface area contributed by atoms with E-state index in [0.29, 0.717) is 6.42 Å². The maximum Gasteiger partial charge on any atom is 0.328 e. The summed E-state index contributed by atoms with van der Waals surface area (Å²) in [5, 5.41) is 5.91. The van der Waals surface area contributed by atoms with Crippen LogP contribution in [0.25, 0.3) is 0 Å². The Labute approximate surface area is 130 Å². The van der Waals surface area contributed by atoms with E-state index in [2.05, 4.69) is 10.6 Å². The number of esters is 1. The van der Waals surface area contributed by atoms with E-state index in [1.165, 1.54) is 5.56 Å². The third kappa shape index (κ3) is 3.76. The number of carbonyl (C=O) groups excluding carboxylic acids is 2. The molecule has 6 heteroatoms. The van der Waals surface area contributed by atoms with E-state index in [9.17, 15) is 9.59 Å². The second kappa shape index (κ2) is 7.26. The van der Waals surface area contributed by atoms with Gasteiger partial charge in [0.1, 0.15) is 6.04 Å². The van der Waals surface area contributed by atoms with Gasteiger partial charge in [0.25, 0.3) is 0 Å². The lowest BCUT2D eigenvalue weighted by Crippen LogP contribution is -2.48. The zero-order valence-corrected chi connectivity index (χ0v) is 13.0. The van der Waals surface area contributed by atoms with Gasteiger partial charge in [0.05, 0.1) is 12.6 Å². The number of hydrogen-bond acceptors (Lipinski definition) is 5. The van der Waals surface area contributed by atoms with Crippen LogP contribution in [0.5, 0.6) is 0 Å². The summed E-state index contributed by atoms with van der Waals surface area (Å²) in [5.74, 6) is -0.573. The average molecular weight is 305 g/mol. The van der Waals surface area contributed by atoms with Crippen LogP contribution in [0, 0.1) is 0 Å². The fourth-order valence-corrected chi connectivity index (χ4v) is 2.63. The molecule has 1 aromatic rings. The van der Waals surface area contributed by atoms with Gasteiger partial charge in [0, 0.05) is 18.2 Å². The van der Waals surface area contributed by atoms with Crippen LogP contribution in [0.3, 0.4) is 0 Å². The standard InChI is InChI=1S/C16H23N3O3/c1-3-22-16(21)10(2)19-15(20)13(17)8-11-9-18-14-7-5-4-6-12(11)14/h4-7,10-11,13,18H,3,8-9,17H2,1-2H3,(H,19,20). The van der Waals surface area contributed by atoms with Crippen molar-refractivity contribution in [3.05, 3.63) is 29.8 Å². The Kier molecular flexibility index (Phi) is 5.38. The molecule has 120 valence electrons. The van der Waals surface area contributed by atoms with Crippen molar-refractivity contribution in [3.8, 4) is 0 Å². The van der Waals surface area contributed by atoms with E-state index < -0.39 is 18.1 Å². The summed E-state index contributed by atoms with van der Waals surface area (Å²) in [5.41, 5.74) is 8.27. The maximum absolute atomic E-state index is 12.1. The summed E-state index contributed by atoms with van der Waals surface area (Å²) < 4.78 is 4.86. The minimum absolute atomic E-state index is 0.204. The number of anilines is 1. The smallest absolute Gasteiger partial charge is 0.328 e. The van der Waals surface area contributed by atoms with Crippen LogP contribution in [0.1, 0.15) is 31.7 Å². The molecular weight excluding hydrogens is 282 g/mol. The second-order valence-corrected chi connectivity index (χ2v) is 5.49. The molecule has 1 amide bonds. The van der Waals surface area contributed by atoms with Crippen molar-refractivity contribution >= 4 is 17.6 Å². The summed E-state index contributed by atoms with van der Waals surface area (Å²) in [6, 6.07) is 6.67. The molecular formula is C16H23N3O3. The zero-order valence-electron chi connectivity index (χ0n) is 13.0. The average Bonchev–Trinajstić information content (AvgIpc) is 2.90. The number of carbonyl (C=O) groups is 2. The van der Waals surface area contributed by atoms with Crippen LogP contribution in [-0.4, -0.2) is 37.1 Å². The molecule has 0 aromatic heterocycles. The number of nitrogens with one attached hydrogen (secondary N) is 2. The lowest BCUT2D eigenvalue weighted by molar-refractivity contribution is -0.147. The molecule has 0 spiro atoms. The minimum Gasteiger partial charge on any atom is -0.464 e.